The highest BCUT2D eigenvalue weighted by molar-refractivity contribution is 5.84. The maximum absolute atomic E-state index is 10.6. The molecule has 0 aliphatic rings. The fourth-order valence-electron chi connectivity index (χ4n) is 1.29. The number of aromatic nitrogens is 2. The van der Waals surface area contributed by atoms with Gasteiger partial charge in [-0.3, -0.25) is 5.10 Å². The molecule has 16 heavy (non-hydrogen) atoms. The van der Waals surface area contributed by atoms with Gasteiger partial charge in [-0.25, -0.2) is 10.6 Å². The summed E-state index contributed by atoms with van der Waals surface area (Å²) in [6.07, 6.45) is -1.25. The van der Waals surface area contributed by atoms with Crippen molar-refractivity contribution < 1.29 is 9.90 Å². The quantitative estimate of drug-likeness (QED) is 0.403. The Bertz CT molecular complexity index is 495. The van der Waals surface area contributed by atoms with Crippen LogP contribution in [0.3, 0.4) is 0 Å². The van der Waals surface area contributed by atoms with E-state index in [1.165, 1.54) is 0 Å². The van der Waals surface area contributed by atoms with Crippen LogP contribution in [-0.4, -0.2) is 21.4 Å². The molecule has 0 saturated carbocycles. The summed E-state index contributed by atoms with van der Waals surface area (Å²) in [4.78, 5) is 10.6. The zero-order valence-electron chi connectivity index (χ0n) is 8.29. The number of aromatic amines is 1. The zero-order valence-corrected chi connectivity index (χ0v) is 8.29. The van der Waals surface area contributed by atoms with Gasteiger partial charge in [-0.05, 0) is 0 Å². The molecule has 0 fully saturated rings. The number of rotatable bonds is 2. The Morgan fingerprint density at radius 2 is 2.06 bits per heavy atom. The summed E-state index contributed by atoms with van der Waals surface area (Å²) >= 11 is 0. The molecule has 4 N–H and O–H groups in total. The van der Waals surface area contributed by atoms with Crippen molar-refractivity contribution in [3.05, 3.63) is 36.4 Å². The van der Waals surface area contributed by atoms with Gasteiger partial charge in [0.05, 0.1) is 5.69 Å². The third-order valence-electron chi connectivity index (χ3n) is 2.10. The van der Waals surface area contributed by atoms with E-state index >= 15 is 0 Å². The van der Waals surface area contributed by atoms with Crippen LogP contribution >= 0.6 is 0 Å². The average molecular weight is 218 g/mol. The first kappa shape index (κ1) is 10.2. The number of H-pyrrole nitrogens is 1. The van der Waals surface area contributed by atoms with Crippen LogP contribution in [0.4, 0.5) is 10.6 Å². The van der Waals surface area contributed by atoms with Crippen LogP contribution in [0.2, 0.25) is 0 Å². The second-order valence-corrected chi connectivity index (χ2v) is 3.16. The van der Waals surface area contributed by atoms with E-state index in [0.717, 1.165) is 5.56 Å². The summed E-state index contributed by atoms with van der Waals surface area (Å²) < 4.78 is 0. The molecular formula is C10H10N4O2. The predicted molar refractivity (Wildman–Crippen MR) is 58.7 cm³/mol. The van der Waals surface area contributed by atoms with Gasteiger partial charge in [0.25, 0.3) is 0 Å². The number of benzene rings is 1. The molecule has 0 saturated heterocycles. The van der Waals surface area contributed by atoms with E-state index in [-0.39, 0.29) is 5.82 Å². The monoisotopic (exact) mass is 218 g/mol. The highest BCUT2D eigenvalue weighted by Gasteiger charge is 2.12. The number of nitrogens with zero attached hydrogens (tertiary/aromatic N) is 2. The van der Waals surface area contributed by atoms with Gasteiger partial charge in [0.15, 0.2) is 0 Å². The Balaban J connectivity index is 2.30. The maximum atomic E-state index is 10.6. The van der Waals surface area contributed by atoms with Crippen molar-refractivity contribution in [2.24, 2.45) is 5.84 Å². The number of nitrogens with one attached hydrogen (secondary N) is 1. The van der Waals surface area contributed by atoms with Gasteiger partial charge < -0.3 is 5.11 Å². The third kappa shape index (κ3) is 1.86. The Morgan fingerprint density at radius 3 is 2.69 bits per heavy atom. The van der Waals surface area contributed by atoms with E-state index in [9.17, 15) is 4.79 Å². The number of nitrogens with two attached hydrogens (primary N) is 1. The molecule has 82 valence electrons. The summed E-state index contributed by atoms with van der Waals surface area (Å²) in [6, 6.07) is 11.0. The lowest BCUT2D eigenvalue weighted by Crippen LogP contribution is -2.36. The Labute approximate surface area is 91.3 Å². The topological polar surface area (TPSA) is 95.2 Å². The predicted octanol–water partition coefficient (Wildman–Crippen LogP) is 1.43. The van der Waals surface area contributed by atoms with Crippen LogP contribution in [0.25, 0.3) is 11.3 Å². The summed E-state index contributed by atoms with van der Waals surface area (Å²) in [6.45, 7) is 0. The van der Waals surface area contributed by atoms with Crippen molar-refractivity contribution in [3.63, 3.8) is 0 Å². The highest BCUT2D eigenvalue weighted by Crippen LogP contribution is 2.20. The lowest BCUT2D eigenvalue weighted by molar-refractivity contribution is 0.201. The Kier molecular flexibility index (Phi) is 2.57. The standard InChI is InChI=1S/C10H10N4O2/c11-14(10(15)16)9-6-8(12-13-9)7-4-2-1-3-5-7/h1-6H,11H2,(H,12,13)(H,15,16). The van der Waals surface area contributed by atoms with Crippen molar-refractivity contribution in [2.45, 2.75) is 0 Å². The van der Waals surface area contributed by atoms with Gasteiger partial charge >= 0.3 is 6.09 Å². The molecule has 1 aromatic heterocycles. The van der Waals surface area contributed by atoms with E-state index in [2.05, 4.69) is 10.2 Å². The van der Waals surface area contributed by atoms with Crippen LogP contribution < -0.4 is 10.9 Å². The van der Waals surface area contributed by atoms with Crippen molar-refractivity contribution in [1.82, 2.24) is 10.2 Å². The molecule has 1 aromatic carbocycles. The molecule has 0 atom stereocenters. The van der Waals surface area contributed by atoms with Crippen LogP contribution in [0.1, 0.15) is 0 Å². The van der Waals surface area contributed by atoms with Gasteiger partial charge in [0.1, 0.15) is 5.82 Å². The first-order valence-corrected chi connectivity index (χ1v) is 4.57. The third-order valence-corrected chi connectivity index (χ3v) is 2.10. The summed E-state index contributed by atoms with van der Waals surface area (Å²) in [5.74, 6) is 5.52. The molecule has 0 aliphatic carbocycles. The smallest absolute Gasteiger partial charge is 0.427 e. The summed E-state index contributed by atoms with van der Waals surface area (Å²) in [5, 5.41) is 15.8. The number of carboxylic acid groups (broad SMARTS) is 1. The molecule has 1 amide bonds. The van der Waals surface area contributed by atoms with Gasteiger partial charge in [-0.1, -0.05) is 30.3 Å². The van der Waals surface area contributed by atoms with Gasteiger partial charge in [-0.2, -0.15) is 10.1 Å². The average Bonchev–Trinajstić information content (AvgIpc) is 2.78. The van der Waals surface area contributed by atoms with Crippen LogP contribution in [0.5, 0.6) is 0 Å². The minimum Gasteiger partial charge on any atom is -0.464 e. The molecule has 0 spiro atoms. The SMILES string of the molecule is NN(C(=O)O)c1cc(-c2ccccc2)n[nH]1. The van der Waals surface area contributed by atoms with Crippen molar-refractivity contribution in [3.8, 4) is 11.3 Å². The number of hydrogen-bond acceptors (Lipinski definition) is 3. The minimum atomic E-state index is -1.25. The minimum absolute atomic E-state index is 0.228. The highest BCUT2D eigenvalue weighted by atomic mass is 16.4. The number of amides is 1. The molecule has 0 aliphatic heterocycles. The van der Waals surface area contributed by atoms with E-state index < -0.39 is 6.09 Å². The molecule has 2 rings (SSSR count). The molecule has 0 radical (unpaired) electrons. The van der Waals surface area contributed by atoms with Crippen LogP contribution in [0, 0.1) is 0 Å². The van der Waals surface area contributed by atoms with Gasteiger partial charge in [0, 0.05) is 11.6 Å². The first-order chi connectivity index (χ1) is 7.68. The Hall–Kier alpha value is -2.34. The van der Waals surface area contributed by atoms with E-state index in [0.29, 0.717) is 10.7 Å². The number of carbonyl (C=O) groups is 1. The fourth-order valence-corrected chi connectivity index (χ4v) is 1.29. The van der Waals surface area contributed by atoms with E-state index in [1.54, 1.807) is 6.07 Å². The molecule has 0 bridgehead atoms. The number of hydrogen-bond donors (Lipinski definition) is 3. The molecular weight excluding hydrogens is 208 g/mol. The maximum Gasteiger partial charge on any atom is 0.427 e. The second-order valence-electron chi connectivity index (χ2n) is 3.16. The lowest BCUT2D eigenvalue weighted by atomic mass is 10.2. The summed E-state index contributed by atoms with van der Waals surface area (Å²) in [7, 11) is 0. The van der Waals surface area contributed by atoms with Gasteiger partial charge in [0.2, 0.25) is 0 Å². The van der Waals surface area contributed by atoms with Crippen LogP contribution in [0.15, 0.2) is 36.4 Å². The number of hydrazine groups is 1. The van der Waals surface area contributed by atoms with Crippen molar-refractivity contribution >= 4 is 11.9 Å². The number of anilines is 1. The summed E-state index contributed by atoms with van der Waals surface area (Å²) in [5.41, 5.74) is 1.54. The molecule has 2 aromatic rings. The lowest BCUT2D eigenvalue weighted by Gasteiger charge is -2.07. The molecule has 6 nitrogen and oxygen atoms in total. The normalized spacial score (nSPS) is 10.1. The Morgan fingerprint density at radius 1 is 1.38 bits per heavy atom. The fraction of sp³-hybridized carbons (Fsp3) is 0. The van der Waals surface area contributed by atoms with Crippen molar-refractivity contribution in [2.75, 3.05) is 5.01 Å². The van der Waals surface area contributed by atoms with Gasteiger partial charge in [-0.15, -0.1) is 0 Å². The first-order valence-electron chi connectivity index (χ1n) is 4.57. The second kappa shape index (κ2) is 4.03. The molecule has 1 heterocycles. The molecule has 0 unspecified atom stereocenters. The van der Waals surface area contributed by atoms with Crippen LogP contribution in [-0.2, 0) is 0 Å². The zero-order chi connectivity index (χ0) is 11.5. The van der Waals surface area contributed by atoms with E-state index in [4.69, 9.17) is 10.9 Å². The van der Waals surface area contributed by atoms with Crippen molar-refractivity contribution in [1.29, 1.82) is 0 Å². The van der Waals surface area contributed by atoms with E-state index in [1.807, 2.05) is 30.3 Å². The largest absolute Gasteiger partial charge is 0.464 e. The molecule has 6 heteroatoms.